The van der Waals surface area contributed by atoms with E-state index < -0.39 is 6.04 Å². The summed E-state index contributed by atoms with van der Waals surface area (Å²) in [5.74, 6) is -0.806. The molecular formula is C19H27FN2O2. The van der Waals surface area contributed by atoms with Crippen LogP contribution in [-0.4, -0.2) is 35.8 Å². The molecule has 1 aliphatic carbocycles. The Labute approximate surface area is 143 Å². The lowest BCUT2D eigenvalue weighted by atomic mass is 9.93. The fourth-order valence-electron chi connectivity index (χ4n) is 3.21. The van der Waals surface area contributed by atoms with Gasteiger partial charge >= 0.3 is 0 Å². The lowest BCUT2D eigenvalue weighted by Gasteiger charge is -2.35. The molecule has 4 nitrogen and oxygen atoms in total. The van der Waals surface area contributed by atoms with Crippen LogP contribution in [0.2, 0.25) is 0 Å². The third kappa shape index (κ3) is 4.56. The van der Waals surface area contributed by atoms with Crippen LogP contribution in [0.5, 0.6) is 0 Å². The van der Waals surface area contributed by atoms with Gasteiger partial charge in [0, 0.05) is 18.7 Å². The van der Waals surface area contributed by atoms with Crippen LogP contribution >= 0.6 is 0 Å². The van der Waals surface area contributed by atoms with Gasteiger partial charge in [0.1, 0.15) is 11.9 Å². The monoisotopic (exact) mass is 334 g/mol. The molecule has 1 N–H and O–H groups in total. The van der Waals surface area contributed by atoms with Gasteiger partial charge in [-0.25, -0.2) is 4.39 Å². The molecule has 0 radical (unpaired) electrons. The number of nitrogens with zero attached hydrogens (tertiary/aromatic N) is 1. The molecule has 1 unspecified atom stereocenters. The van der Waals surface area contributed by atoms with Crippen LogP contribution in [0.3, 0.4) is 0 Å². The van der Waals surface area contributed by atoms with E-state index in [4.69, 9.17) is 0 Å². The van der Waals surface area contributed by atoms with Gasteiger partial charge in [0.25, 0.3) is 5.91 Å². The summed E-state index contributed by atoms with van der Waals surface area (Å²) < 4.78 is 13.0. The Kier molecular flexibility index (Phi) is 6.35. The van der Waals surface area contributed by atoms with Crippen LogP contribution in [0.4, 0.5) is 4.39 Å². The molecule has 5 heteroatoms. The van der Waals surface area contributed by atoms with E-state index in [2.05, 4.69) is 5.32 Å². The van der Waals surface area contributed by atoms with Crippen molar-refractivity contribution in [1.29, 1.82) is 0 Å². The summed E-state index contributed by atoms with van der Waals surface area (Å²) in [7, 11) is 1.83. The molecule has 1 aromatic rings. The third-order valence-electron chi connectivity index (χ3n) is 4.80. The van der Waals surface area contributed by atoms with Crippen LogP contribution in [0.1, 0.15) is 56.3 Å². The van der Waals surface area contributed by atoms with E-state index in [1.54, 1.807) is 4.90 Å². The Balaban J connectivity index is 2.06. The third-order valence-corrected chi connectivity index (χ3v) is 4.80. The molecule has 0 saturated heterocycles. The van der Waals surface area contributed by atoms with Gasteiger partial charge in [-0.2, -0.15) is 0 Å². The van der Waals surface area contributed by atoms with Crippen molar-refractivity contribution in [3.8, 4) is 0 Å². The first-order valence-electron chi connectivity index (χ1n) is 8.73. The highest BCUT2D eigenvalue weighted by atomic mass is 19.1. The van der Waals surface area contributed by atoms with Crippen LogP contribution in [0.25, 0.3) is 0 Å². The number of benzene rings is 1. The summed E-state index contributed by atoms with van der Waals surface area (Å²) >= 11 is 0. The van der Waals surface area contributed by atoms with Gasteiger partial charge in [0.2, 0.25) is 5.91 Å². The van der Waals surface area contributed by atoms with Gasteiger partial charge in [0.15, 0.2) is 0 Å². The zero-order valence-electron chi connectivity index (χ0n) is 14.7. The molecule has 0 spiro atoms. The minimum absolute atomic E-state index is 0.0204. The molecule has 1 atom stereocenters. The van der Waals surface area contributed by atoms with E-state index in [9.17, 15) is 14.0 Å². The van der Waals surface area contributed by atoms with Crippen molar-refractivity contribution < 1.29 is 14.0 Å². The molecule has 2 amide bonds. The second-order valence-electron chi connectivity index (χ2n) is 6.94. The number of amides is 2. The maximum atomic E-state index is 13.0. The van der Waals surface area contributed by atoms with Crippen molar-refractivity contribution in [2.24, 2.45) is 5.92 Å². The molecule has 1 saturated carbocycles. The predicted molar refractivity (Wildman–Crippen MR) is 92.1 cm³/mol. The van der Waals surface area contributed by atoms with Gasteiger partial charge in [-0.15, -0.1) is 0 Å². The summed E-state index contributed by atoms with van der Waals surface area (Å²) in [5.41, 5.74) is 0.357. The molecule has 0 aliphatic heterocycles. The molecule has 0 aromatic heterocycles. The highest BCUT2D eigenvalue weighted by molar-refractivity contribution is 5.97. The van der Waals surface area contributed by atoms with Crippen LogP contribution < -0.4 is 5.32 Å². The second-order valence-corrected chi connectivity index (χ2v) is 6.94. The van der Waals surface area contributed by atoms with Crippen molar-refractivity contribution in [1.82, 2.24) is 10.2 Å². The van der Waals surface area contributed by atoms with Gasteiger partial charge in [-0.1, -0.05) is 33.1 Å². The summed E-state index contributed by atoms with van der Waals surface area (Å²) in [4.78, 5) is 27.0. The van der Waals surface area contributed by atoms with Gasteiger partial charge in [0.05, 0.1) is 0 Å². The summed E-state index contributed by atoms with van der Waals surface area (Å²) in [6.45, 7) is 3.84. The summed E-state index contributed by atoms with van der Waals surface area (Å²) in [5, 5.41) is 2.82. The van der Waals surface area contributed by atoms with Crippen LogP contribution in [0, 0.1) is 11.7 Å². The number of nitrogens with one attached hydrogen (secondary N) is 1. The van der Waals surface area contributed by atoms with E-state index in [0.29, 0.717) is 5.56 Å². The first kappa shape index (κ1) is 18.4. The first-order chi connectivity index (χ1) is 11.4. The fourth-order valence-corrected chi connectivity index (χ4v) is 3.21. The minimum Gasteiger partial charge on any atom is -0.341 e. The molecule has 0 heterocycles. The van der Waals surface area contributed by atoms with Crippen molar-refractivity contribution >= 4 is 11.8 Å². The second kappa shape index (κ2) is 8.27. The quantitative estimate of drug-likeness (QED) is 0.897. The Bertz CT molecular complexity index is 565. The van der Waals surface area contributed by atoms with Crippen molar-refractivity contribution in [3.63, 3.8) is 0 Å². The molecule has 1 fully saturated rings. The Hall–Kier alpha value is -1.91. The Morgan fingerprint density at radius 1 is 1.12 bits per heavy atom. The number of likely N-dealkylation sites (N-methyl/N-ethyl adjacent to an activating group) is 1. The lowest BCUT2D eigenvalue weighted by molar-refractivity contribution is -0.135. The van der Waals surface area contributed by atoms with Gasteiger partial charge in [-0.05, 0) is 43.0 Å². The number of hydrogen-bond acceptors (Lipinski definition) is 2. The van der Waals surface area contributed by atoms with Crippen LogP contribution in [0.15, 0.2) is 24.3 Å². The molecule has 0 bridgehead atoms. The summed E-state index contributed by atoms with van der Waals surface area (Å²) in [6.07, 6.45) is 5.58. The standard InChI is InChI=1S/C19H27FN2O2/c1-13(2)17(19(24)22(3)16-7-5-4-6-8-16)21-18(23)14-9-11-15(20)12-10-14/h9-13,16-17H,4-8H2,1-3H3,(H,21,23). The number of hydrogen-bond donors (Lipinski definition) is 1. The normalized spacial score (nSPS) is 16.7. The minimum atomic E-state index is -0.575. The summed E-state index contributed by atoms with van der Waals surface area (Å²) in [6, 6.07) is 5.03. The van der Waals surface area contributed by atoms with E-state index >= 15 is 0 Å². The van der Waals surface area contributed by atoms with Crippen molar-refractivity contribution in [2.75, 3.05) is 7.05 Å². The maximum absolute atomic E-state index is 13.0. The topological polar surface area (TPSA) is 49.4 Å². The van der Waals surface area contributed by atoms with E-state index in [1.807, 2.05) is 20.9 Å². The Morgan fingerprint density at radius 2 is 1.71 bits per heavy atom. The predicted octanol–water partition coefficient (Wildman–Crippen LogP) is 3.37. The number of carbonyl (C=O) groups is 2. The van der Waals surface area contributed by atoms with E-state index in [0.717, 1.165) is 25.7 Å². The Morgan fingerprint density at radius 3 is 2.25 bits per heavy atom. The molecule has 132 valence electrons. The zero-order chi connectivity index (χ0) is 17.7. The van der Waals surface area contributed by atoms with Gasteiger partial charge in [-0.3, -0.25) is 9.59 Å². The average Bonchev–Trinajstić information content (AvgIpc) is 2.59. The van der Waals surface area contributed by atoms with Crippen molar-refractivity contribution in [2.45, 2.75) is 58.0 Å². The molecule has 2 rings (SSSR count). The largest absolute Gasteiger partial charge is 0.341 e. The first-order valence-corrected chi connectivity index (χ1v) is 8.73. The highest BCUT2D eigenvalue weighted by Gasteiger charge is 2.31. The van der Waals surface area contributed by atoms with E-state index in [-0.39, 0.29) is 29.6 Å². The van der Waals surface area contributed by atoms with Crippen molar-refractivity contribution in [3.05, 3.63) is 35.6 Å². The smallest absolute Gasteiger partial charge is 0.251 e. The number of carbonyl (C=O) groups excluding carboxylic acids is 2. The molecule has 24 heavy (non-hydrogen) atoms. The lowest BCUT2D eigenvalue weighted by Crippen LogP contribution is -2.53. The maximum Gasteiger partial charge on any atom is 0.251 e. The average molecular weight is 334 g/mol. The number of halogens is 1. The SMILES string of the molecule is CC(C)C(NC(=O)c1ccc(F)cc1)C(=O)N(C)C1CCCCC1. The van der Waals surface area contributed by atoms with Gasteiger partial charge < -0.3 is 10.2 Å². The zero-order valence-corrected chi connectivity index (χ0v) is 14.7. The fraction of sp³-hybridized carbons (Fsp3) is 0.579. The molecule has 1 aromatic carbocycles. The molecule has 1 aliphatic rings. The highest BCUT2D eigenvalue weighted by Crippen LogP contribution is 2.23. The van der Waals surface area contributed by atoms with Crippen LogP contribution in [-0.2, 0) is 4.79 Å². The van der Waals surface area contributed by atoms with E-state index in [1.165, 1.54) is 30.7 Å². The molecular weight excluding hydrogens is 307 g/mol. The number of rotatable bonds is 5.